The van der Waals surface area contributed by atoms with E-state index >= 15 is 0 Å². The Morgan fingerprint density at radius 3 is 2.26 bits per heavy atom. The highest BCUT2D eigenvalue weighted by molar-refractivity contribution is 5.80. The van der Waals surface area contributed by atoms with E-state index < -0.39 is 0 Å². The van der Waals surface area contributed by atoms with Crippen LogP contribution in [0.15, 0.2) is 0 Å². The van der Waals surface area contributed by atoms with Crippen LogP contribution >= 0.6 is 0 Å². The smallest absolute Gasteiger partial charge is 0.225 e. The average molecular weight is 324 g/mol. The first-order valence-corrected chi connectivity index (χ1v) is 9.00. The molecule has 3 aliphatic rings. The molecule has 2 amide bonds. The number of nitrogens with zero attached hydrogens (tertiary/aromatic N) is 2. The monoisotopic (exact) mass is 324 g/mol. The molecule has 3 rings (SSSR count). The number of likely N-dealkylation sites (tertiary alicyclic amines) is 1. The molecule has 0 spiro atoms. The molecular formula is C17H28N2O4. The molecule has 0 aromatic carbocycles. The van der Waals surface area contributed by atoms with E-state index in [9.17, 15) is 9.59 Å². The van der Waals surface area contributed by atoms with Crippen LogP contribution in [0.25, 0.3) is 0 Å². The van der Waals surface area contributed by atoms with E-state index in [1.165, 1.54) is 0 Å². The Hall–Kier alpha value is -1.14. The van der Waals surface area contributed by atoms with E-state index in [4.69, 9.17) is 9.47 Å². The van der Waals surface area contributed by atoms with Crippen LogP contribution < -0.4 is 0 Å². The predicted octanol–water partition coefficient (Wildman–Crippen LogP) is 1.04. The maximum atomic E-state index is 12.5. The molecule has 3 fully saturated rings. The summed E-state index contributed by atoms with van der Waals surface area (Å²) in [7, 11) is 0. The number of rotatable bonds is 3. The summed E-state index contributed by atoms with van der Waals surface area (Å²) >= 11 is 0. The van der Waals surface area contributed by atoms with E-state index in [-0.39, 0.29) is 23.8 Å². The molecule has 23 heavy (non-hydrogen) atoms. The summed E-state index contributed by atoms with van der Waals surface area (Å²) in [4.78, 5) is 28.7. The first kappa shape index (κ1) is 16.7. The zero-order valence-electron chi connectivity index (χ0n) is 13.9. The molecule has 130 valence electrons. The Labute approximate surface area is 138 Å². The summed E-state index contributed by atoms with van der Waals surface area (Å²) in [6, 6.07) is 0. The van der Waals surface area contributed by atoms with E-state index in [1.54, 1.807) is 0 Å². The van der Waals surface area contributed by atoms with Gasteiger partial charge in [-0.05, 0) is 32.1 Å². The number of carbonyl (C=O) groups excluding carboxylic acids is 2. The van der Waals surface area contributed by atoms with Gasteiger partial charge in [-0.3, -0.25) is 9.59 Å². The van der Waals surface area contributed by atoms with Crippen LogP contribution in [0.1, 0.15) is 38.5 Å². The predicted molar refractivity (Wildman–Crippen MR) is 84.9 cm³/mol. The molecule has 6 heteroatoms. The maximum absolute atomic E-state index is 12.5. The van der Waals surface area contributed by atoms with Gasteiger partial charge in [-0.25, -0.2) is 0 Å². The van der Waals surface area contributed by atoms with E-state index in [0.717, 1.165) is 38.7 Å². The minimum atomic E-state index is 0.0723. The van der Waals surface area contributed by atoms with Crippen LogP contribution in [-0.2, 0) is 19.1 Å². The van der Waals surface area contributed by atoms with Crippen LogP contribution in [0.4, 0.5) is 0 Å². The fraction of sp³-hybridized carbons (Fsp3) is 0.882. The van der Waals surface area contributed by atoms with Crippen molar-refractivity contribution in [2.24, 2.45) is 5.92 Å². The molecule has 6 nitrogen and oxygen atoms in total. The molecular weight excluding hydrogens is 296 g/mol. The molecule has 0 N–H and O–H groups in total. The highest BCUT2D eigenvalue weighted by Crippen LogP contribution is 2.22. The lowest BCUT2D eigenvalue weighted by atomic mass is 9.94. The fourth-order valence-electron chi connectivity index (χ4n) is 3.71. The fourth-order valence-corrected chi connectivity index (χ4v) is 3.71. The van der Waals surface area contributed by atoms with Gasteiger partial charge in [0.2, 0.25) is 11.8 Å². The molecule has 3 heterocycles. The summed E-state index contributed by atoms with van der Waals surface area (Å²) in [5, 5.41) is 0. The third kappa shape index (κ3) is 4.44. The molecule has 3 aliphatic heterocycles. The summed E-state index contributed by atoms with van der Waals surface area (Å²) in [5.41, 5.74) is 0. The number of piperidine rings is 1. The zero-order valence-corrected chi connectivity index (χ0v) is 13.9. The van der Waals surface area contributed by atoms with Crippen LogP contribution in [0.5, 0.6) is 0 Å². The molecule has 0 aromatic rings. The number of carbonyl (C=O) groups is 2. The third-order valence-corrected chi connectivity index (χ3v) is 5.20. The largest absolute Gasteiger partial charge is 0.378 e. The van der Waals surface area contributed by atoms with Gasteiger partial charge in [0, 0.05) is 38.7 Å². The van der Waals surface area contributed by atoms with Gasteiger partial charge in [-0.1, -0.05) is 0 Å². The number of ether oxygens (including phenoxy) is 2. The van der Waals surface area contributed by atoms with Gasteiger partial charge >= 0.3 is 0 Å². The first-order chi connectivity index (χ1) is 11.2. The minimum Gasteiger partial charge on any atom is -0.378 e. The van der Waals surface area contributed by atoms with Crippen molar-refractivity contribution < 1.29 is 19.1 Å². The number of hydrogen-bond acceptors (Lipinski definition) is 4. The highest BCUT2D eigenvalue weighted by Gasteiger charge is 2.31. The Bertz CT molecular complexity index is 409. The van der Waals surface area contributed by atoms with Crippen molar-refractivity contribution in [1.82, 2.24) is 9.80 Å². The molecule has 0 saturated carbocycles. The summed E-state index contributed by atoms with van der Waals surface area (Å²) in [6.07, 6.45) is 5.44. The number of morpholine rings is 1. The van der Waals surface area contributed by atoms with Gasteiger partial charge < -0.3 is 19.3 Å². The second kappa shape index (κ2) is 8.11. The van der Waals surface area contributed by atoms with Crippen LogP contribution in [-0.4, -0.2) is 73.7 Å². The normalized spacial score (nSPS) is 27.0. The van der Waals surface area contributed by atoms with Gasteiger partial charge in [0.05, 0.1) is 25.7 Å². The molecule has 1 unspecified atom stereocenters. The van der Waals surface area contributed by atoms with Gasteiger partial charge in [0.25, 0.3) is 0 Å². The minimum absolute atomic E-state index is 0.0723. The molecule has 1 atom stereocenters. The lowest BCUT2D eigenvalue weighted by molar-refractivity contribution is -0.144. The Morgan fingerprint density at radius 1 is 0.870 bits per heavy atom. The Kier molecular flexibility index (Phi) is 5.89. The van der Waals surface area contributed by atoms with E-state index in [2.05, 4.69) is 0 Å². The lowest BCUT2D eigenvalue weighted by Gasteiger charge is -2.36. The molecule has 0 aromatic heterocycles. The van der Waals surface area contributed by atoms with Crippen LogP contribution in [0.3, 0.4) is 0 Å². The van der Waals surface area contributed by atoms with Crippen molar-refractivity contribution >= 4 is 11.8 Å². The van der Waals surface area contributed by atoms with Crippen molar-refractivity contribution in [1.29, 1.82) is 0 Å². The van der Waals surface area contributed by atoms with Gasteiger partial charge in [-0.15, -0.1) is 0 Å². The SMILES string of the molecule is O=C(CC1CCCCO1)N1CCC(C(=O)N2CCOCC2)CC1. The van der Waals surface area contributed by atoms with Gasteiger partial charge in [0.15, 0.2) is 0 Å². The van der Waals surface area contributed by atoms with Crippen molar-refractivity contribution in [3.63, 3.8) is 0 Å². The third-order valence-electron chi connectivity index (χ3n) is 5.20. The van der Waals surface area contributed by atoms with E-state index in [0.29, 0.717) is 45.8 Å². The van der Waals surface area contributed by atoms with Crippen molar-refractivity contribution in [3.8, 4) is 0 Å². The second-order valence-corrected chi connectivity index (χ2v) is 6.79. The lowest BCUT2D eigenvalue weighted by Crippen LogP contribution is -2.48. The summed E-state index contributed by atoms with van der Waals surface area (Å²) in [5.74, 6) is 0.508. The number of amides is 2. The Morgan fingerprint density at radius 2 is 1.61 bits per heavy atom. The topological polar surface area (TPSA) is 59.1 Å². The van der Waals surface area contributed by atoms with Gasteiger partial charge in [-0.2, -0.15) is 0 Å². The molecule has 3 saturated heterocycles. The van der Waals surface area contributed by atoms with Crippen molar-refractivity contribution in [2.45, 2.75) is 44.6 Å². The number of hydrogen-bond donors (Lipinski definition) is 0. The standard InChI is InChI=1S/C17H28N2O4/c20-16(13-15-3-1-2-10-23-15)18-6-4-14(5-7-18)17(21)19-8-11-22-12-9-19/h14-15H,1-13H2. The summed E-state index contributed by atoms with van der Waals surface area (Å²) < 4.78 is 11.0. The second-order valence-electron chi connectivity index (χ2n) is 6.79. The zero-order chi connectivity index (χ0) is 16.1. The van der Waals surface area contributed by atoms with Gasteiger partial charge in [0.1, 0.15) is 0 Å². The maximum Gasteiger partial charge on any atom is 0.225 e. The summed E-state index contributed by atoms with van der Waals surface area (Å²) in [6.45, 7) is 4.88. The molecule has 0 bridgehead atoms. The quantitative estimate of drug-likeness (QED) is 0.778. The van der Waals surface area contributed by atoms with E-state index in [1.807, 2.05) is 9.80 Å². The Balaban J connectivity index is 1.42. The average Bonchev–Trinajstić information content (AvgIpc) is 2.63. The first-order valence-electron chi connectivity index (χ1n) is 9.00. The van der Waals surface area contributed by atoms with Crippen molar-refractivity contribution in [3.05, 3.63) is 0 Å². The van der Waals surface area contributed by atoms with Crippen LogP contribution in [0.2, 0.25) is 0 Å². The molecule has 0 radical (unpaired) electrons. The van der Waals surface area contributed by atoms with Crippen molar-refractivity contribution in [2.75, 3.05) is 46.0 Å². The highest BCUT2D eigenvalue weighted by atomic mass is 16.5. The van der Waals surface area contributed by atoms with Crippen LogP contribution in [0, 0.1) is 5.92 Å². The molecule has 0 aliphatic carbocycles.